The summed E-state index contributed by atoms with van der Waals surface area (Å²) in [6.07, 6.45) is 7.04. The number of anilines is 1. The van der Waals surface area contributed by atoms with Crippen LogP contribution in [0.5, 0.6) is 0 Å². The first-order chi connectivity index (χ1) is 13.6. The molecule has 28 heavy (non-hydrogen) atoms. The molecule has 0 saturated carbocycles. The number of halogens is 2. The molecule has 2 heterocycles. The third-order valence-corrected chi connectivity index (χ3v) is 4.85. The van der Waals surface area contributed by atoms with Crippen LogP contribution in [0.15, 0.2) is 67.4 Å². The largest absolute Gasteiger partial charge is 0.323 e. The van der Waals surface area contributed by atoms with Gasteiger partial charge in [0.15, 0.2) is 0 Å². The molecule has 9 heteroatoms. The molecule has 0 aliphatic carbocycles. The molecule has 2 aromatic carbocycles. The number of hydrogen-bond donors (Lipinski definition) is 1. The van der Waals surface area contributed by atoms with Crippen molar-refractivity contribution < 1.29 is 4.79 Å². The van der Waals surface area contributed by atoms with Gasteiger partial charge in [0.2, 0.25) is 5.91 Å². The van der Waals surface area contributed by atoms with Crippen molar-refractivity contribution in [3.63, 3.8) is 0 Å². The van der Waals surface area contributed by atoms with Gasteiger partial charge in [0.25, 0.3) is 0 Å². The normalized spacial score (nSPS) is 10.8. The van der Waals surface area contributed by atoms with Crippen LogP contribution < -0.4 is 5.32 Å². The van der Waals surface area contributed by atoms with Gasteiger partial charge in [-0.15, -0.1) is 5.10 Å². The van der Waals surface area contributed by atoms with E-state index in [1.807, 2.05) is 35.0 Å². The minimum atomic E-state index is -0.281. The molecule has 4 rings (SSSR count). The minimum Gasteiger partial charge on any atom is -0.323 e. The quantitative estimate of drug-likeness (QED) is 0.535. The van der Waals surface area contributed by atoms with E-state index in [1.54, 1.807) is 36.9 Å². The first-order valence-electron chi connectivity index (χ1n) is 8.33. The Kier molecular flexibility index (Phi) is 5.10. The predicted molar refractivity (Wildman–Crippen MR) is 108 cm³/mol. The minimum absolute atomic E-state index is 0.00294. The lowest BCUT2D eigenvalue weighted by Crippen LogP contribution is -2.19. The van der Waals surface area contributed by atoms with E-state index in [4.69, 9.17) is 23.2 Å². The zero-order valence-electron chi connectivity index (χ0n) is 14.5. The summed E-state index contributed by atoms with van der Waals surface area (Å²) in [6.45, 7) is 0.00294. The second-order valence-electron chi connectivity index (χ2n) is 5.97. The lowest BCUT2D eigenvalue weighted by atomic mass is 10.1. The molecule has 0 fully saturated rings. The van der Waals surface area contributed by atoms with E-state index in [-0.39, 0.29) is 12.5 Å². The number of amides is 1. The first-order valence-corrected chi connectivity index (χ1v) is 9.08. The van der Waals surface area contributed by atoms with Gasteiger partial charge in [-0.25, -0.2) is 9.67 Å². The van der Waals surface area contributed by atoms with Crippen LogP contribution in [0.3, 0.4) is 0 Å². The molecule has 2 aromatic heterocycles. The molecule has 0 radical (unpaired) electrons. The van der Waals surface area contributed by atoms with Crippen LogP contribution in [-0.2, 0) is 11.3 Å². The highest BCUT2D eigenvalue weighted by atomic mass is 35.5. The molecule has 0 atom stereocenters. The summed E-state index contributed by atoms with van der Waals surface area (Å²) < 4.78 is 3.37. The van der Waals surface area contributed by atoms with Crippen LogP contribution in [0.1, 0.15) is 0 Å². The summed E-state index contributed by atoms with van der Waals surface area (Å²) in [7, 11) is 0. The van der Waals surface area contributed by atoms with Gasteiger partial charge in [-0.3, -0.25) is 4.79 Å². The first kappa shape index (κ1) is 18.2. The molecular formula is C19H14Cl2N6O. The van der Waals surface area contributed by atoms with E-state index < -0.39 is 0 Å². The van der Waals surface area contributed by atoms with Crippen LogP contribution in [0.2, 0.25) is 10.0 Å². The molecule has 1 amide bonds. The maximum Gasteiger partial charge on any atom is 0.246 e. The molecule has 0 aliphatic rings. The van der Waals surface area contributed by atoms with Crippen molar-refractivity contribution in [3.05, 3.63) is 77.4 Å². The Labute approximate surface area is 170 Å². The third-order valence-electron chi connectivity index (χ3n) is 4.04. The Morgan fingerprint density at radius 3 is 2.68 bits per heavy atom. The number of nitrogens with zero attached hydrogens (tertiary/aromatic N) is 5. The number of imidazole rings is 1. The molecule has 0 unspecified atom stereocenters. The molecule has 0 bridgehead atoms. The highest BCUT2D eigenvalue weighted by Gasteiger charge is 2.11. The number of nitrogens with one attached hydrogen (secondary N) is 1. The summed E-state index contributed by atoms with van der Waals surface area (Å²) in [5.74, 6) is -0.281. The molecule has 7 nitrogen and oxygen atoms in total. The van der Waals surface area contributed by atoms with Crippen molar-refractivity contribution in [2.75, 3.05) is 5.32 Å². The molecule has 0 saturated heterocycles. The zero-order valence-corrected chi connectivity index (χ0v) is 16.0. The van der Waals surface area contributed by atoms with Crippen molar-refractivity contribution in [2.45, 2.75) is 6.54 Å². The van der Waals surface area contributed by atoms with E-state index in [9.17, 15) is 4.79 Å². The Bertz CT molecular complexity index is 1110. The number of carbonyl (C=O) groups excluding carboxylic acids is 1. The Morgan fingerprint density at radius 1 is 1.11 bits per heavy atom. The van der Waals surface area contributed by atoms with Gasteiger partial charge in [-0.05, 0) is 24.3 Å². The van der Waals surface area contributed by atoms with Crippen LogP contribution in [0.4, 0.5) is 5.69 Å². The van der Waals surface area contributed by atoms with Crippen LogP contribution >= 0.6 is 23.2 Å². The Hall–Kier alpha value is -3.16. The molecule has 0 spiro atoms. The van der Waals surface area contributed by atoms with Crippen molar-refractivity contribution in [1.82, 2.24) is 24.5 Å². The maximum absolute atomic E-state index is 12.3. The van der Waals surface area contributed by atoms with E-state index in [1.165, 1.54) is 4.68 Å². The smallest absolute Gasteiger partial charge is 0.246 e. The highest BCUT2D eigenvalue weighted by Crippen LogP contribution is 2.29. The van der Waals surface area contributed by atoms with Gasteiger partial charge < -0.3 is 9.88 Å². The predicted octanol–water partition coefficient (Wildman–Crippen LogP) is 4.08. The number of rotatable bonds is 5. The van der Waals surface area contributed by atoms with Gasteiger partial charge >= 0.3 is 0 Å². The van der Waals surface area contributed by atoms with Crippen molar-refractivity contribution in [2.24, 2.45) is 0 Å². The summed E-state index contributed by atoms with van der Waals surface area (Å²) in [4.78, 5) is 16.3. The maximum atomic E-state index is 12.3. The van der Waals surface area contributed by atoms with Gasteiger partial charge in [0.05, 0.1) is 28.3 Å². The average Bonchev–Trinajstić information content (AvgIpc) is 3.38. The van der Waals surface area contributed by atoms with Crippen LogP contribution in [0, 0.1) is 0 Å². The van der Waals surface area contributed by atoms with E-state index in [2.05, 4.69) is 20.6 Å². The molecule has 1 N–H and O–H groups in total. The van der Waals surface area contributed by atoms with Crippen molar-refractivity contribution >= 4 is 34.8 Å². The molecule has 4 aromatic rings. The van der Waals surface area contributed by atoms with Crippen LogP contribution in [0.25, 0.3) is 16.9 Å². The molecule has 0 aliphatic heterocycles. The summed E-state index contributed by atoms with van der Waals surface area (Å²) in [5, 5.41) is 11.6. The van der Waals surface area contributed by atoms with Crippen molar-refractivity contribution in [1.29, 1.82) is 0 Å². The number of carbonyl (C=O) groups is 1. The Morgan fingerprint density at radius 2 is 1.93 bits per heavy atom. The van der Waals surface area contributed by atoms with Crippen LogP contribution in [-0.4, -0.2) is 30.5 Å². The average molecular weight is 413 g/mol. The van der Waals surface area contributed by atoms with E-state index in [0.717, 1.165) is 11.3 Å². The Balaban J connectivity index is 1.44. The van der Waals surface area contributed by atoms with Gasteiger partial charge in [0, 0.05) is 23.6 Å². The second kappa shape index (κ2) is 7.84. The second-order valence-corrected chi connectivity index (χ2v) is 6.75. The fourth-order valence-electron chi connectivity index (χ4n) is 2.66. The topological polar surface area (TPSA) is 77.6 Å². The fraction of sp³-hybridized carbons (Fsp3) is 0.0526. The number of hydrogen-bond acceptors (Lipinski definition) is 4. The van der Waals surface area contributed by atoms with Gasteiger partial charge in [-0.1, -0.05) is 46.6 Å². The van der Waals surface area contributed by atoms with Gasteiger partial charge in [-0.2, -0.15) is 0 Å². The lowest BCUT2D eigenvalue weighted by Gasteiger charge is -2.07. The van der Waals surface area contributed by atoms with Crippen molar-refractivity contribution in [3.8, 4) is 16.9 Å². The summed E-state index contributed by atoms with van der Waals surface area (Å²) in [5.41, 5.74) is 3.01. The SMILES string of the molecule is O=C(Cn1cc(-c2ccc(-n3ccnc3)cc2)nn1)Nc1cccc(Cl)c1Cl. The third kappa shape index (κ3) is 3.90. The summed E-state index contributed by atoms with van der Waals surface area (Å²) in [6, 6.07) is 12.9. The standard InChI is InChI=1S/C19H14Cl2N6O/c20-15-2-1-3-16(19(15)21)23-18(28)11-27-10-17(24-25-27)13-4-6-14(7-5-13)26-9-8-22-12-26/h1-10,12H,11H2,(H,23,28). The summed E-state index contributed by atoms with van der Waals surface area (Å²) >= 11 is 12.0. The fourth-order valence-corrected chi connectivity index (χ4v) is 3.01. The number of aromatic nitrogens is 5. The lowest BCUT2D eigenvalue weighted by molar-refractivity contribution is -0.116. The van der Waals surface area contributed by atoms with E-state index >= 15 is 0 Å². The van der Waals surface area contributed by atoms with E-state index in [0.29, 0.717) is 21.4 Å². The molecule has 140 valence electrons. The monoisotopic (exact) mass is 412 g/mol. The molecular weight excluding hydrogens is 399 g/mol. The zero-order chi connectivity index (χ0) is 19.5. The van der Waals surface area contributed by atoms with Gasteiger partial charge in [0.1, 0.15) is 12.2 Å². The highest BCUT2D eigenvalue weighted by molar-refractivity contribution is 6.43. The number of benzene rings is 2.